The molecule has 5 heteroatoms. The number of nitrogens with one attached hydrogen (secondary N) is 1. The van der Waals surface area contributed by atoms with E-state index < -0.39 is 0 Å². The second-order valence-electron chi connectivity index (χ2n) is 3.01. The molecule has 0 fully saturated rings. The Bertz CT molecular complexity index is 290. The maximum Gasteiger partial charge on any atom is 0.143 e. The van der Waals surface area contributed by atoms with E-state index in [9.17, 15) is 0 Å². The summed E-state index contributed by atoms with van der Waals surface area (Å²) in [6.07, 6.45) is 1.18. The lowest BCUT2D eigenvalue weighted by atomic mass is 10.4. The van der Waals surface area contributed by atoms with E-state index >= 15 is 0 Å². The first-order chi connectivity index (χ1) is 6.76. The number of thioether (sulfide) groups is 1. The van der Waals surface area contributed by atoms with Crippen molar-refractivity contribution in [3.8, 4) is 0 Å². The predicted molar refractivity (Wildman–Crippen MR) is 61.0 cm³/mol. The van der Waals surface area contributed by atoms with Crippen LogP contribution < -0.4 is 11.3 Å². The lowest BCUT2D eigenvalue weighted by Gasteiger charge is -2.04. The number of aromatic nitrogens is 2. The van der Waals surface area contributed by atoms with Gasteiger partial charge in [-0.2, -0.15) is 11.8 Å². The quantitative estimate of drug-likeness (QED) is 0.442. The SMILES string of the molecule is CCCSCc1nc(C)cc(NN)n1. The molecule has 0 bridgehead atoms. The standard InChI is InChI=1S/C9H16N4S/c1-3-4-14-6-9-11-7(2)5-8(12-9)13-10/h5H,3-4,6,10H2,1-2H3,(H,11,12,13). The number of aryl methyl sites for hydroxylation is 1. The molecule has 1 aromatic rings. The third kappa shape index (κ3) is 3.51. The van der Waals surface area contributed by atoms with Crippen LogP contribution in [0.5, 0.6) is 0 Å². The highest BCUT2D eigenvalue weighted by Gasteiger charge is 2.00. The van der Waals surface area contributed by atoms with Gasteiger partial charge in [0.1, 0.15) is 11.6 Å². The molecule has 1 heterocycles. The fourth-order valence-corrected chi connectivity index (χ4v) is 1.82. The molecule has 1 aromatic heterocycles. The summed E-state index contributed by atoms with van der Waals surface area (Å²) in [7, 11) is 0. The Morgan fingerprint density at radius 3 is 2.93 bits per heavy atom. The number of hydrogen-bond acceptors (Lipinski definition) is 5. The van der Waals surface area contributed by atoms with Crippen LogP contribution >= 0.6 is 11.8 Å². The Morgan fingerprint density at radius 2 is 2.29 bits per heavy atom. The van der Waals surface area contributed by atoms with Gasteiger partial charge < -0.3 is 5.43 Å². The third-order valence-corrected chi connectivity index (χ3v) is 2.79. The molecule has 4 nitrogen and oxygen atoms in total. The van der Waals surface area contributed by atoms with Gasteiger partial charge in [0.2, 0.25) is 0 Å². The van der Waals surface area contributed by atoms with Gasteiger partial charge in [0.25, 0.3) is 0 Å². The van der Waals surface area contributed by atoms with E-state index in [2.05, 4.69) is 22.3 Å². The minimum absolute atomic E-state index is 0.685. The Morgan fingerprint density at radius 1 is 1.50 bits per heavy atom. The van der Waals surface area contributed by atoms with E-state index in [-0.39, 0.29) is 0 Å². The second kappa shape index (κ2) is 5.82. The van der Waals surface area contributed by atoms with Crippen molar-refractivity contribution in [3.63, 3.8) is 0 Å². The highest BCUT2D eigenvalue weighted by atomic mass is 32.2. The van der Waals surface area contributed by atoms with E-state index in [4.69, 9.17) is 5.84 Å². The molecule has 0 saturated carbocycles. The first-order valence-electron chi connectivity index (χ1n) is 4.65. The number of anilines is 1. The van der Waals surface area contributed by atoms with E-state index in [1.54, 1.807) is 0 Å². The van der Waals surface area contributed by atoms with Crippen LogP contribution in [0.4, 0.5) is 5.82 Å². The van der Waals surface area contributed by atoms with Crippen LogP contribution in [-0.2, 0) is 5.75 Å². The van der Waals surface area contributed by atoms with Crippen LogP contribution in [-0.4, -0.2) is 15.7 Å². The number of nitrogens with two attached hydrogens (primary N) is 1. The summed E-state index contributed by atoms with van der Waals surface area (Å²) in [4.78, 5) is 8.58. The Balaban J connectivity index is 2.62. The highest BCUT2D eigenvalue weighted by Crippen LogP contribution is 2.12. The average Bonchev–Trinajstić information content (AvgIpc) is 2.17. The molecule has 14 heavy (non-hydrogen) atoms. The summed E-state index contributed by atoms with van der Waals surface area (Å²) in [6, 6.07) is 1.83. The minimum Gasteiger partial charge on any atom is -0.308 e. The van der Waals surface area contributed by atoms with Gasteiger partial charge in [0.05, 0.1) is 5.75 Å². The molecule has 3 N–H and O–H groups in total. The smallest absolute Gasteiger partial charge is 0.143 e. The van der Waals surface area contributed by atoms with Crippen molar-refractivity contribution >= 4 is 17.6 Å². The van der Waals surface area contributed by atoms with Crippen molar-refractivity contribution in [2.75, 3.05) is 11.2 Å². The summed E-state index contributed by atoms with van der Waals surface area (Å²) in [5.74, 6) is 8.82. The summed E-state index contributed by atoms with van der Waals surface area (Å²) in [6.45, 7) is 4.10. The van der Waals surface area contributed by atoms with Crippen LogP contribution in [0, 0.1) is 6.92 Å². The molecule has 78 valence electrons. The molecule has 0 aliphatic rings. The van der Waals surface area contributed by atoms with Crippen molar-refractivity contribution in [2.45, 2.75) is 26.0 Å². The molecule has 0 unspecified atom stereocenters. The van der Waals surface area contributed by atoms with Crippen molar-refractivity contribution in [2.24, 2.45) is 5.84 Å². The minimum atomic E-state index is 0.685. The molecule has 1 rings (SSSR count). The summed E-state index contributed by atoms with van der Waals surface area (Å²) >= 11 is 1.84. The van der Waals surface area contributed by atoms with Crippen molar-refractivity contribution in [1.29, 1.82) is 0 Å². The summed E-state index contributed by atoms with van der Waals surface area (Å²) < 4.78 is 0. The van der Waals surface area contributed by atoms with Crippen molar-refractivity contribution < 1.29 is 0 Å². The summed E-state index contributed by atoms with van der Waals surface area (Å²) in [5, 5.41) is 0. The van der Waals surface area contributed by atoms with Gasteiger partial charge in [0, 0.05) is 11.8 Å². The van der Waals surface area contributed by atoms with Crippen LogP contribution in [0.25, 0.3) is 0 Å². The van der Waals surface area contributed by atoms with E-state index in [0.29, 0.717) is 5.82 Å². The fraction of sp³-hybridized carbons (Fsp3) is 0.556. The molecule has 0 aliphatic carbocycles. The topological polar surface area (TPSA) is 63.8 Å². The van der Waals surface area contributed by atoms with Crippen LogP contribution in [0.2, 0.25) is 0 Å². The van der Waals surface area contributed by atoms with Crippen molar-refractivity contribution in [3.05, 3.63) is 17.6 Å². The molecule has 0 radical (unpaired) electrons. The maximum atomic E-state index is 5.30. The Hall–Kier alpha value is -0.810. The zero-order chi connectivity index (χ0) is 10.4. The van der Waals surface area contributed by atoms with Gasteiger partial charge in [0.15, 0.2) is 0 Å². The monoisotopic (exact) mass is 212 g/mol. The lowest BCUT2D eigenvalue weighted by molar-refractivity contribution is 0.988. The molecule has 0 saturated heterocycles. The molecule has 0 atom stereocenters. The highest BCUT2D eigenvalue weighted by molar-refractivity contribution is 7.98. The van der Waals surface area contributed by atoms with E-state index in [1.165, 1.54) is 6.42 Å². The third-order valence-electron chi connectivity index (χ3n) is 1.63. The normalized spacial score (nSPS) is 10.2. The molecule has 0 spiro atoms. The molecule has 0 aliphatic heterocycles. The van der Waals surface area contributed by atoms with E-state index in [1.807, 2.05) is 24.8 Å². The van der Waals surface area contributed by atoms with Gasteiger partial charge in [-0.1, -0.05) is 6.92 Å². The van der Waals surface area contributed by atoms with Crippen LogP contribution in [0.3, 0.4) is 0 Å². The average molecular weight is 212 g/mol. The molecule has 0 amide bonds. The number of nitrogen functional groups attached to an aromatic ring is 1. The molecular weight excluding hydrogens is 196 g/mol. The number of nitrogens with zero attached hydrogens (tertiary/aromatic N) is 2. The number of hydrazine groups is 1. The largest absolute Gasteiger partial charge is 0.308 e. The predicted octanol–water partition coefficient (Wildman–Crippen LogP) is 1.71. The van der Waals surface area contributed by atoms with Crippen LogP contribution in [0.1, 0.15) is 24.9 Å². The van der Waals surface area contributed by atoms with Crippen molar-refractivity contribution in [1.82, 2.24) is 9.97 Å². The van der Waals surface area contributed by atoms with Gasteiger partial charge in [-0.15, -0.1) is 0 Å². The first-order valence-corrected chi connectivity index (χ1v) is 5.80. The zero-order valence-electron chi connectivity index (χ0n) is 8.58. The zero-order valence-corrected chi connectivity index (χ0v) is 9.40. The number of rotatable bonds is 5. The Kier molecular flexibility index (Phi) is 4.69. The van der Waals surface area contributed by atoms with Gasteiger partial charge in [-0.3, -0.25) is 0 Å². The van der Waals surface area contributed by atoms with Crippen LogP contribution in [0.15, 0.2) is 6.07 Å². The van der Waals surface area contributed by atoms with Gasteiger partial charge in [-0.05, 0) is 19.1 Å². The first kappa shape index (κ1) is 11.3. The van der Waals surface area contributed by atoms with Gasteiger partial charge in [-0.25, -0.2) is 15.8 Å². The number of hydrogen-bond donors (Lipinski definition) is 2. The fourth-order valence-electron chi connectivity index (χ4n) is 1.08. The Labute approximate surface area is 88.7 Å². The summed E-state index contributed by atoms with van der Waals surface area (Å²) in [5.41, 5.74) is 3.48. The van der Waals surface area contributed by atoms with Gasteiger partial charge >= 0.3 is 0 Å². The molecular formula is C9H16N4S. The van der Waals surface area contributed by atoms with E-state index in [0.717, 1.165) is 23.0 Å². The second-order valence-corrected chi connectivity index (χ2v) is 4.11. The lowest BCUT2D eigenvalue weighted by Crippen LogP contribution is -2.10. The maximum absolute atomic E-state index is 5.30. The molecule has 0 aromatic carbocycles.